The maximum Gasteiger partial charge on any atom is 0.129 e. The molecule has 0 spiro atoms. The van der Waals surface area contributed by atoms with Crippen LogP contribution in [0.15, 0.2) is 89.9 Å². The van der Waals surface area contributed by atoms with E-state index in [1.807, 2.05) is 12.1 Å². The quantitative estimate of drug-likeness (QED) is 0.333. The van der Waals surface area contributed by atoms with Crippen LogP contribution in [0.1, 0.15) is 74.9 Å². The van der Waals surface area contributed by atoms with Crippen molar-refractivity contribution in [1.82, 2.24) is 5.32 Å². The highest BCUT2D eigenvalue weighted by Crippen LogP contribution is 2.19. The van der Waals surface area contributed by atoms with Crippen LogP contribution in [0.5, 0.6) is 0 Å². The highest BCUT2D eigenvalue weighted by Gasteiger charge is 2.12. The van der Waals surface area contributed by atoms with Crippen LogP contribution in [0.4, 0.5) is 0 Å². The molecule has 0 aromatic heterocycles. The van der Waals surface area contributed by atoms with Gasteiger partial charge in [-0.15, -0.1) is 0 Å². The van der Waals surface area contributed by atoms with Gasteiger partial charge in [0, 0.05) is 11.6 Å². The van der Waals surface area contributed by atoms with Crippen molar-refractivity contribution >= 4 is 5.84 Å². The van der Waals surface area contributed by atoms with Crippen LogP contribution in [0.2, 0.25) is 0 Å². The summed E-state index contributed by atoms with van der Waals surface area (Å²) in [5.74, 6) is 0.926. The lowest BCUT2D eigenvalue weighted by atomic mass is 10.1. The number of nitrogens with one attached hydrogen (secondary N) is 1. The van der Waals surface area contributed by atoms with Crippen LogP contribution in [0, 0.1) is 6.92 Å². The topological polar surface area (TPSA) is 24.4 Å². The Morgan fingerprint density at radius 1 is 0.733 bits per heavy atom. The zero-order chi connectivity index (χ0) is 21.8. The van der Waals surface area contributed by atoms with E-state index in [0.717, 1.165) is 11.4 Å². The van der Waals surface area contributed by atoms with Crippen molar-refractivity contribution in [2.24, 2.45) is 4.99 Å². The first-order valence-corrected chi connectivity index (χ1v) is 11.1. The third-order valence-electron chi connectivity index (χ3n) is 5.08. The lowest BCUT2D eigenvalue weighted by Gasteiger charge is -2.20. The Morgan fingerprint density at radius 3 is 1.80 bits per heavy atom. The number of hydrogen-bond donors (Lipinski definition) is 1. The van der Waals surface area contributed by atoms with Crippen LogP contribution < -0.4 is 5.32 Å². The van der Waals surface area contributed by atoms with E-state index in [9.17, 15) is 0 Å². The van der Waals surface area contributed by atoms with Crippen molar-refractivity contribution in [3.8, 4) is 0 Å². The number of unbranched alkanes of at least 4 members (excludes halogenated alkanes) is 1. The smallest absolute Gasteiger partial charge is 0.129 e. The van der Waals surface area contributed by atoms with Gasteiger partial charge in [-0.2, -0.15) is 0 Å². The van der Waals surface area contributed by atoms with E-state index in [1.165, 1.54) is 29.5 Å². The van der Waals surface area contributed by atoms with Gasteiger partial charge >= 0.3 is 0 Å². The Labute approximate surface area is 183 Å². The van der Waals surface area contributed by atoms with Gasteiger partial charge in [0.15, 0.2) is 0 Å². The Morgan fingerprint density at radius 2 is 1.27 bits per heavy atom. The normalized spacial score (nSPS) is 13.0. The zero-order valence-corrected chi connectivity index (χ0v) is 19.1. The van der Waals surface area contributed by atoms with Crippen molar-refractivity contribution in [3.05, 3.63) is 107 Å². The molecule has 3 rings (SSSR count). The summed E-state index contributed by atoms with van der Waals surface area (Å²) in [6.45, 7) is 10.8. The number of benzene rings is 3. The van der Waals surface area contributed by atoms with Crippen LogP contribution in [0.3, 0.4) is 0 Å². The molecular weight excluding hydrogens is 364 g/mol. The monoisotopic (exact) mass is 400 g/mol. The Hall–Kier alpha value is -2.87. The Bertz CT molecular complexity index is 866. The van der Waals surface area contributed by atoms with Crippen LogP contribution in [-0.2, 0) is 0 Å². The fourth-order valence-corrected chi connectivity index (χ4v) is 2.93. The summed E-state index contributed by atoms with van der Waals surface area (Å²) in [7, 11) is 0. The highest BCUT2D eigenvalue weighted by atomic mass is 15.0. The van der Waals surface area contributed by atoms with E-state index in [1.54, 1.807) is 0 Å². The molecule has 3 aromatic carbocycles. The average molecular weight is 401 g/mol. The van der Waals surface area contributed by atoms with Gasteiger partial charge in [-0.25, -0.2) is 0 Å². The molecule has 2 nitrogen and oxygen atoms in total. The first-order chi connectivity index (χ1) is 14.5. The van der Waals surface area contributed by atoms with Crippen molar-refractivity contribution in [2.75, 3.05) is 0 Å². The van der Waals surface area contributed by atoms with Gasteiger partial charge in [0.05, 0.1) is 6.04 Å². The molecule has 2 unspecified atom stereocenters. The third-order valence-corrected chi connectivity index (χ3v) is 5.08. The summed E-state index contributed by atoms with van der Waals surface area (Å²) in [4.78, 5) is 5.01. The van der Waals surface area contributed by atoms with Crippen LogP contribution >= 0.6 is 0 Å². The number of aliphatic imine (C=N–C) groups is 1. The molecule has 0 heterocycles. The van der Waals surface area contributed by atoms with E-state index < -0.39 is 0 Å². The second-order valence-electron chi connectivity index (χ2n) is 7.71. The number of amidine groups is 1. The molecule has 0 saturated heterocycles. The summed E-state index contributed by atoms with van der Waals surface area (Å²) in [6, 6.07) is 29.7. The maximum absolute atomic E-state index is 5.01. The molecule has 0 radical (unpaired) electrons. The van der Waals surface area contributed by atoms with Crippen molar-refractivity contribution in [1.29, 1.82) is 0 Å². The molecular formula is C28H36N2. The SMILES string of the molecule is CCCC.Cc1ccc(C(C)NC(=NC(C)c2ccccc2)c2ccccc2)cc1. The number of rotatable bonds is 6. The van der Waals surface area contributed by atoms with Crippen molar-refractivity contribution in [2.45, 2.75) is 59.5 Å². The molecule has 0 saturated carbocycles. The van der Waals surface area contributed by atoms with Gasteiger partial charge in [0.25, 0.3) is 0 Å². The Balaban J connectivity index is 0.000000735. The van der Waals surface area contributed by atoms with Crippen LogP contribution in [-0.4, -0.2) is 5.84 Å². The summed E-state index contributed by atoms with van der Waals surface area (Å²) in [6.07, 6.45) is 2.64. The molecule has 158 valence electrons. The molecule has 1 N–H and O–H groups in total. The molecule has 0 aliphatic heterocycles. The van der Waals surface area contributed by atoms with Gasteiger partial charge in [-0.3, -0.25) is 4.99 Å². The highest BCUT2D eigenvalue weighted by molar-refractivity contribution is 5.99. The van der Waals surface area contributed by atoms with Gasteiger partial charge in [0.1, 0.15) is 5.84 Å². The molecule has 0 aliphatic carbocycles. The van der Waals surface area contributed by atoms with Gasteiger partial charge < -0.3 is 5.32 Å². The summed E-state index contributed by atoms with van der Waals surface area (Å²) in [5, 5.41) is 3.62. The lowest BCUT2D eigenvalue weighted by Crippen LogP contribution is -2.28. The van der Waals surface area contributed by atoms with E-state index >= 15 is 0 Å². The van der Waals surface area contributed by atoms with Gasteiger partial charge in [0.2, 0.25) is 0 Å². The van der Waals surface area contributed by atoms with Gasteiger partial charge in [-0.05, 0) is 31.9 Å². The molecule has 0 amide bonds. The molecule has 2 heteroatoms. The molecule has 3 aromatic rings. The van der Waals surface area contributed by atoms with Gasteiger partial charge in [-0.1, -0.05) is 117 Å². The maximum atomic E-state index is 5.01. The van der Waals surface area contributed by atoms with E-state index in [-0.39, 0.29) is 12.1 Å². The minimum Gasteiger partial charge on any atom is -0.363 e. The first-order valence-electron chi connectivity index (χ1n) is 11.1. The number of hydrogen-bond acceptors (Lipinski definition) is 1. The fraction of sp³-hybridized carbons (Fsp3) is 0.321. The average Bonchev–Trinajstić information content (AvgIpc) is 2.80. The Kier molecular flexibility index (Phi) is 9.86. The summed E-state index contributed by atoms with van der Waals surface area (Å²) in [5.41, 5.74) is 4.85. The van der Waals surface area contributed by atoms with Crippen molar-refractivity contribution < 1.29 is 0 Å². The fourth-order valence-electron chi connectivity index (χ4n) is 2.93. The molecule has 2 atom stereocenters. The number of nitrogens with zero attached hydrogens (tertiary/aromatic N) is 1. The second kappa shape index (κ2) is 12.6. The van der Waals surface area contributed by atoms with Crippen molar-refractivity contribution in [3.63, 3.8) is 0 Å². The molecule has 0 fully saturated rings. The summed E-state index contributed by atoms with van der Waals surface area (Å²) < 4.78 is 0. The number of aryl methyl sites for hydroxylation is 1. The van der Waals surface area contributed by atoms with E-state index in [2.05, 4.69) is 113 Å². The standard InChI is InChI=1S/C24H26N2.C4H10/c1-18-14-16-22(17-15-18)20(3)26-24(23-12-8-5-9-13-23)25-19(2)21-10-6-4-7-11-21;1-3-4-2/h4-17,19-20H,1-3H3,(H,25,26);3-4H2,1-2H3. The second-order valence-corrected chi connectivity index (χ2v) is 7.71. The predicted octanol–water partition coefficient (Wildman–Crippen LogP) is 7.66. The van der Waals surface area contributed by atoms with E-state index in [0.29, 0.717) is 0 Å². The minimum absolute atomic E-state index is 0.0872. The molecule has 0 bridgehead atoms. The largest absolute Gasteiger partial charge is 0.363 e. The first kappa shape index (κ1) is 23.4. The lowest BCUT2D eigenvalue weighted by molar-refractivity contribution is 0.703. The van der Waals surface area contributed by atoms with Crippen LogP contribution in [0.25, 0.3) is 0 Å². The molecule has 30 heavy (non-hydrogen) atoms. The van der Waals surface area contributed by atoms with E-state index in [4.69, 9.17) is 4.99 Å². The third kappa shape index (κ3) is 7.51. The molecule has 0 aliphatic rings. The summed E-state index contributed by atoms with van der Waals surface area (Å²) >= 11 is 0. The predicted molar refractivity (Wildman–Crippen MR) is 131 cm³/mol. The minimum atomic E-state index is 0.0872. The zero-order valence-electron chi connectivity index (χ0n) is 19.1.